The van der Waals surface area contributed by atoms with Crippen molar-refractivity contribution in [3.8, 4) is 0 Å². The number of aromatic nitrogens is 1. The number of thioether (sulfide) groups is 1. The van der Waals surface area contributed by atoms with Crippen molar-refractivity contribution < 1.29 is 22.0 Å². The monoisotopic (exact) mass is 605 g/mol. The molecule has 0 spiro atoms. The Bertz CT molecular complexity index is 1620. The summed E-state index contributed by atoms with van der Waals surface area (Å²) < 4.78 is 42.1. The smallest absolute Gasteiger partial charge is 0.267 e. The van der Waals surface area contributed by atoms with Gasteiger partial charge >= 0.3 is 0 Å². The number of rotatable bonds is 8. The molecule has 0 unspecified atom stereocenters. The number of fused-ring (bicyclic) bond motifs is 4. The van der Waals surface area contributed by atoms with Gasteiger partial charge in [-0.05, 0) is 61.4 Å². The van der Waals surface area contributed by atoms with E-state index in [4.69, 9.17) is 4.42 Å². The molecule has 188 valence electrons. The zero-order valence-corrected chi connectivity index (χ0v) is 23.9. The number of thiazole rings is 1. The fourth-order valence-corrected chi connectivity index (χ4v) is 7.61. The van der Waals surface area contributed by atoms with Crippen LogP contribution < -0.4 is 9.47 Å². The molecule has 4 aromatic rings. The van der Waals surface area contributed by atoms with Crippen molar-refractivity contribution in [2.24, 2.45) is 0 Å². The van der Waals surface area contributed by atoms with Gasteiger partial charge in [0.05, 0.1) is 22.7 Å². The molecule has 1 aliphatic rings. The van der Waals surface area contributed by atoms with Crippen LogP contribution in [0.4, 0.5) is 5.69 Å². The molecule has 36 heavy (non-hydrogen) atoms. The molecule has 6 nitrogen and oxygen atoms in total. The molecule has 0 amide bonds. The van der Waals surface area contributed by atoms with E-state index in [1.54, 1.807) is 29.4 Å². The molecular formula is C26H26BrN2O4S3+. The predicted octanol–water partition coefficient (Wildman–Crippen LogP) is 7.24. The molecular weight excluding hydrogens is 580 g/mol. The van der Waals surface area contributed by atoms with Crippen LogP contribution in [0.3, 0.4) is 0 Å². The van der Waals surface area contributed by atoms with Gasteiger partial charge in [-0.15, -0.1) is 0 Å². The number of halogens is 1. The molecule has 0 atom stereocenters. The van der Waals surface area contributed by atoms with Crippen LogP contribution in [-0.2, 0) is 16.7 Å². The second kappa shape index (κ2) is 10.3. The summed E-state index contributed by atoms with van der Waals surface area (Å²) in [5.74, 6) is -0.283. The number of hydrogen-bond donors (Lipinski definition) is 1. The van der Waals surface area contributed by atoms with Crippen molar-refractivity contribution in [1.82, 2.24) is 0 Å². The van der Waals surface area contributed by atoms with Gasteiger partial charge in [0.25, 0.3) is 20.6 Å². The summed E-state index contributed by atoms with van der Waals surface area (Å²) in [4.78, 5) is 3.57. The van der Waals surface area contributed by atoms with Crippen LogP contribution >= 0.6 is 39.0 Å². The lowest BCUT2D eigenvalue weighted by atomic mass is 10.2. The van der Waals surface area contributed by atoms with E-state index in [0.717, 1.165) is 43.6 Å². The average molecular weight is 607 g/mol. The van der Waals surface area contributed by atoms with Crippen LogP contribution in [0.2, 0.25) is 0 Å². The average Bonchev–Trinajstić information content (AvgIpc) is 3.52. The van der Waals surface area contributed by atoms with E-state index < -0.39 is 10.1 Å². The summed E-state index contributed by atoms with van der Waals surface area (Å²) in [5.41, 5.74) is 4.13. The first-order chi connectivity index (χ1) is 17.3. The minimum atomic E-state index is -4.03. The number of anilines is 1. The summed E-state index contributed by atoms with van der Waals surface area (Å²) in [6.07, 6.45) is 7.26. The largest absolute Gasteiger partial charge is 0.457 e. The number of hydrogen-bond acceptors (Lipinski definition) is 6. The third-order valence-electron chi connectivity index (χ3n) is 6.13. The molecule has 0 aliphatic carbocycles. The van der Waals surface area contributed by atoms with Crippen LogP contribution in [0.25, 0.3) is 27.3 Å². The fraction of sp³-hybridized carbons (Fsp3) is 0.269. The lowest BCUT2D eigenvalue weighted by molar-refractivity contribution is -0.668. The van der Waals surface area contributed by atoms with Gasteiger partial charge in [-0.1, -0.05) is 46.0 Å². The van der Waals surface area contributed by atoms with Gasteiger partial charge in [0.2, 0.25) is 5.58 Å². The van der Waals surface area contributed by atoms with Gasteiger partial charge in [-0.25, -0.2) is 0 Å². The molecule has 3 heterocycles. The first kappa shape index (κ1) is 25.5. The Balaban J connectivity index is 1.57. The first-order valence-corrected chi connectivity index (χ1v) is 15.8. The van der Waals surface area contributed by atoms with Crippen molar-refractivity contribution in [3.63, 3.8) is 0 Å². The van der Waals surface area contributed by atoms with Crippen LogP contribution in [-0.4, -0.2) is 25.3 Å². The van der Waals surface area contributed by atoms with Crippen LogP contribution in [0, 0.1) is 0 Å². The maximum Gasteiger partial charge on any atom is 0.267 e. The maximum absolute atomic E-state index is 11.4. The maximum atomic E-state index is 11.4. The van der Waals surface area contributed by atoms with Gasteiger partial charge in [0.1, 0.15) is 4.70 Å². The lowest BCUT2D eigenvalue weighted by Gasteiger charge is -2.18. The Morgan fingerprint density at radius 2 is 2.06 bits per heavy atom. The summed E-state index contributed by atoms with van der Waals surface area (Å²) in [6.45, 7) is 5.62. The summed E-state index contributed by atoms with van der Waals surface area (Å²) in [5, 5.41) is 3.21. The molecule has 5 rings (SSSR count). The van der Waals surface area contributed by atoms with Crippen molar-refractivity contribution in [2.75, 3.05) is 17.2 Å². The van der Waals surface area contributed by atoms with Crippen molar-refractivity contribution >= 4 is 82.1 Å². The molecule has 0 saturated carbocycles. The molecule has 1 aliphatic heterocycles. The van der Waals surface area contributed by atoms with Gasteiger partial charge in [0, 0.05) is 33.8 Å². The molecule has 1 N–H and O–H groups in total. The molecule has 0 saturated heterocycles. The summed E-state index contributed by atoms with van der Waals surface area (Å²) >= 11 is 7.02. The van der Waals surface area contributed by atoms with E-state index >= 15 is 0 Å². The van der Waals surface area contributed by atoms with Gasteiger partial charge < -0.3 is 9.32 Å². The third kappa shape index (κ3) is 5.15. The normalized spacial score (nSPS) is 15.5. The highest BCUT2D eigenvalue weighted by Gasteiger charge is 2.26. The highest BCUT2D eigenvalue weighted by Crippen LogP contribution is 2.47. The number of allylic oxidation sites excluding steroid dienone is 2. The predicted molar refractivity (Wildman–Crippen MR) is 152 cm³/mol. The Morgan fingerprint density at radius 1 is 1.22 bits per heavy atom. The molecule has 2 aromatic carbocycles. The zero-order chi connectivity index (χ0) is 25.4. The zero-order valence-electron chi connectivity index (χ0n) is 19.9. The van der Waals surface area contributed by atoms with Gasteiger partial charge in [-0.2, -0.15) is 13.0 Å². The number of nitrogens with zero attached hydrogens (tertiary/aromatic N) is 2. The van der Waals surface area contributed by atoms with E-state index in [2.05, 4.69) is 75.7 Å². The van der Waals surface area contributed by atoms with E-state index in [1.165, 1.54) is 21.2 Å². The number of aryl methyl sites for hydroxylation is 1. The minimum Gasteiger partial charge on any atom is -0.457 e. The Kier molecular flexibility index (Phi) is 7.33. The van der Waals surface area contributed by atoms with Crippen molar-refractivity contribution in [2.45, 2.75) is 38.1 Å². The highest BCUT2D eigenvalue weighted by molar-refractivity contribution is 9.10. The second-order valence-electron chi connectivity index (χ2n) is 8.50. The standard InChI is InChI=1S/C26H25BrN2O4S3/c1-3-17(14-23-28(4-2)20-16-19(27)7-9-21(20)34-23)15-24-29(11-5-13-36(30,31)32)25-22(35-24)8-6-18-10-12-33-26(18)25/h6-10,12,14-16H,3-5,11,13H2,1-2H3/p+1. The minimum absolute atomic E-state index is 0.283. The SMILES string of the molecule is CCC(/C=C1\Sc2ccc(Br)cc2N1CC)=C\c1sc2ccc3ccoc3c2[n+]1CCCS(=O)(=O)O. The fourth-order valence-electron chi connectivity index (χ4n) is 4.42. The van der Waals surface area contributed by atoms with E-state index in [0.29, 0.717) is 13.0 Å². The summed E-state index contributed by atoms with van der Waals surface area (Å²) in [7, 11) is -4.03. The Labute approximate surface area is 227 Å². The van der Waals surface area contributed by atoms with E-state index in [-0.39, 0.29) is 5.75 Å². The van der Waals surface area contributed by atoms with Crippen LogP contribution in [0.15, 0.2) is 73.1 Å². The number of benzene rings is 2. The van der Waals surface area contributed by atoms with E-state index in [1.807, 2.05) is 12.1 Å². The highest BCUT2D eigenvalue weighted by atomic mass is 79.9. The van der Waals surface area contributed by atoms with Crippen molar-refractivity contribution in [3.05, 3.63) is 68.8 Å². The third-order valence-corrected chi connectivity index (χ3v) is 9.63. The Morgan fingerprint density at radius 3 is 2.81 bits per heavy atom. The molecule has 0 fully saturated rings. The first-order valence-electron chi connectivity index (χ1n) is 11.7. The number of furan rings is 1. The molecule has 2 aromatic heterocycles. The van der Waals surface area contributed by atoms with Crippen molar-refractivity contribution in [1.29, 1.82) is 0 Å². The topological polar surface area (TPSA) is 74.6 Å². The van der Waals surface area contributed by atoms with Crippen LogP contribution in [0.1, 0.15) is 31.7 Å². The lowest BCUT2D eigenvalue weighted by Crippen LogP contribution is -2.36. The molecule has 0 bridgehead atoms. The molecule has 0 radical (unpaired) electrons. The van der Waals surface area contributed by atoms with E-state index in [9.17, 15) is 13.0 Å². The Hall–Kier alpha value is -2.11. The van der Waals surface area contributed by atoms with Crippen LogP contribution in [0.5, 0.6) is 0 Å². The van der Waals surface area contributed by atoms with Gasteiger partial charge in [-0.3, -0.25) is 4.55 Å². The quantitative estimate of drug-likeness (QED) is 0.168. The van der Waals surface area contributed by atoms with Gasteiger partial charge in [0.15, 0.2) is 6.54 Å². The molecule has 10 heteroatoms. The summed E-state index contributed by atoms with van der Waals surface area (Å²) in [6, 6.07) is 12.4. The second-order valence-corrected chi connectivity index (χ2v) is 13.1.